The lowest BCUT2D eigenvalue weighted by atomic mass is 9.84. The fourth-order valence-electron chi connectivity index (χ4n) is 4.67. The van der Waals surface area contributed by atoms with Gasteiger partial charge in [0.15, 0.2) is 0 Å². The van der Waals surface area contributed by atoms with Gasteiger partial charge in [0, 0.05) is 31.5 Å². The van der Waals surface area contributed by atoms with Crippen LogP contribution < -0.4 is 0 Å². The van der Waals surface area contributed by atoms with E-state index in [0.29, 0.717) is 12.1 Å². The number of hydrogen-bond acceptors (Lipinski definition) is 3. The Morgan fingerprint density at radius 1 is 1.17 bits per heavy atom. The maximum absolute atomic E-state index is 13.5. The Hall–Kier alpha value is -3.09. The Balaban J connectivity index is 0.000000806. The van der Waals surface area contributed by atoms with Crippen LogP contribution in [0.4, 0.5) is 0 Å². The minimum absolute atomic E-state index is 0.00971. The van der Waals surface area contributed by atoms with Crippen molar-refractivity contribution in [3.05, 3.63) is 59.4 Å². The van der Waals surface area contributed by atoms with Gasteiger partial charge in [-0.2, -0.15) is 0 Å². The number of aromatic amines is 1. The number of carbonyl (C=O) groups is 3. The van der Waals surface area contributed by atoms with E-state index in [9.17, 15) is 9.59 Å². The van der Waals surface area contributed by atoms with E-state index in [1.54, 1.807) is 6.20 Å². The van der Waals surface area contributed by atoms with Gasteiger partial charge in [-0.15, -0.1) is 0 Å². The van der Waals surface area contributed by atoms with E-state index >= 15 is 0 Å². The van der Waals surface area contributed by atoms with Gasteiger partial charge < -0.3 is 19.9 Å². The van der Waals surface area contributed by atoms with Gasteiger partial charge in [-0.3, -0.25) is 14.4 Å². The van der Waals surface area contributed by atoms with Crippen LogP contribution in [-0.4, -0.2) is 63.4 Å². The molecule has 1 aromatic carbocycles. The summed E-state index contributed by atoms with van der Waals surface area (Å²) in [6, 6.07) is 12.1. The number of likely N-dealkylation sites (tertiary alicyclic amines) is 2. The second kappa shape index (κ2) is 9.61. The molecule has 3 heterocycles. The quantitative estimate of drug-likeness (QED) is 0.757. The zero-order chi connectivity index (χ0) is 21.6. The smallest absolute Gasteiger partial charge is 0.290 e. The summed E-state index contributed by atoms with van der Waals surface area (Å²) < 4.78 is 0. The van der Waals surface area contributed by atoms with Crippen molar-refractivity contribution in [3.8, 4) is 0 Å². The van der Waals surface area contributed by atoms with Gasteiger partial charge >= 0.3 is 0 Å². The first-order valence-corrected chi connectivity index (χ1v) is 10.4. The molecule has 0 bridgehead atoms. The number of amides is 2. The van der Waals surface area contributed by atoms with E-state index in [0.717, 1.165) is 50.9 Å². The SMILES string of the molecule is Cc1[nH]ccc1C(=O)N1CCCC12CCCN(CCc1ccccc1)C2=O.O=CO. The number of aromatic nitrogens is 1. The highest BCUT2D eigenvalue weighted by molar-refractivity contribution is 6.00. The number of nitrogens with one attached hydrogen (secondary N) is 1. The van der Waals surface area contributed by atoms with Crippen molar-refractivity contribution < 1.29 is 19.5 Å². The molecule has 30 heavy (non-hydrogen) atoms. The summed E-state index contributed by atoms with van der Waals surface area (Å²) in [4.78, 5) is 41.9. The standard InChI is InChI=1S/C22H27N3O2.CH2O2/c1-17-19(9-13-23-17)20(26)25-15-6-12-22(25)11-5-14-24(21(22)27)16-10-18-7-3-2-4-8-18;2-1-3/h2-4,7-9,13,23H,5-6,10-12,14-16H2,1H3;1H,(H,2,3). The number of carboxylic acid groups (broad SMARTS) is 1. The van der Waals surface area contributed by atoms with Crippen molar-refractivity contribution >= 4 is 18.3 Å². The third-order valence-corrected chi connectivity index (χ3v) is 6.14. The van der Waals surface area contributed by atoms with E-state index in [1.165, 1.54) is 5.56 Å². The molecule has 2 saturated heterocycles. The number of nitrogens with zero attached hydrogens (tertiary/aromatic N) is 2. The van der Waals surface area contributed by atoms with Crippen LogP contribution in [0.5, 0.6) is 0 Å². The highest BCUT2D eigenvalue weighted by atomic mass is 16.3. The molecule has 160 valence electrons. The van der Waals surface area contributed by atoms with E-state index < -0.39 is 5.54 Å². The molecule has 1 spiro atoms. The second-order valence-corrected chi connectivity index (χ2v) is 7.85. The normalized spacial score (nSPS) is 20.8. The van der Waals surface area contributed by atoms with E-state index in [2.05, 4.69) is 17.1 Å². The summed E-state index contributed by atoms with van der Waals surface area (Å²) in [5.74, 6) is 0.133. The Kier molecular flexibility index (Phi) is 6.92. The van der Waals surface area contributed by atoms with Crippen LogP contribution in [0, 0.1) is 6.92 Å². The van der Waals surface area contributed by atoms with Crippen LogP contribution >= 0.6 is 0 Å². The molecule has 2 aromatic rings. The molecule has 0 aliphatic carbocycles. The monoisotopic (exact) mass is 411 g/mol. The predicted molar refractivity (Wildman–Crippen MR) is 113 cm³/mol. The summed E-state index contributed by atoms with van der Waals surface area (Å²) in [5, 5.41) is 6.89. The van der Waals surface area contributed by atoms with Crippen LogP contribution in [-0.2, 0) is 16.0 Å². The van der Waals surface area contributed by atoms with Crippen LogP contribution in [0.2, 0.25) is 0 Å². The molecule has 0 radical (unpaired) electrons. The molecule has 1 atom stereocenters. The van der Waals surface area contributed by atoms with E-state index in [4.69, 9.17) is 9.90 Å². The Labute approximate surface area is 176 Å². The maximum Gasteiger partial charge on any atom is 0.290 e. The van der Waals surface area contributed by atoms with Crippen molar-refractivity contribution in [1.82, 2.24) is 14.8 Å². The molecule has 2 amide bonds. The lowest BCUT2D eigenvalue weighted by Gasteiger charge is -2.44. The molecular weight excluding hydrogens is 382 g/mol. The van der Waals surface area contributed by atoms with Crippen LogP contribution in [0.3, 0.4) is 0 Å². The molecule has 2 fully saturated rings. The molecule has 7 nitrogen and oxygen atoms in total. The van der Waals surface area contributed by atoms with Gasteiger partial charge in [0.05, 0.1) is 5.56 Å². The van der Waals surface area contributed by atoms with Gasteiger partial charge in [0.2, 0.25) is 5.91 Å². The molecule has 1 unspecified atom stereocenters. The molecule has 4 rings (SSSR count). The first kappa shape index (κ1) is 21.6. The third-order valence-electron chi connectivity index (χ3n) is 6.14. The van der Waals surface area contributed by atoms with Crippen LogP contribution in [0.15, 0.2) is 42.6 Å². The van der Waals surface area contributed by atoms with Crippen molar-refractivity contribution in [1.29, 1.82) is 0 Å². The topological polar surface area (TPSA) is 93.7 Å². The summed E-state index contributed by atoms with van der Waals surface area (Å²) in [6.45, 7) is 3.83. The molecule has 7 heteroatoms. The molecule has 0 saturated carbocycles. The number of aryl methyl sites for hydroxylation is 1. The van der Waals surface area contributed by atoms with Crippen molar-refractivity contribution in [2.45, 2.75) is 44.6 Å². The summed E-state index contributed by atoms with van der Waals surface area (Å²) in [6.07, 6.45) is 6.06. The van der Waals surface area contributed by atoms with E-state index in [1.807, 2.05) is 41.0 Å². The number of piperidine rings is 1. The first-order valence-electron chi connectivity index (χ1n) is 10.4. The Morgan fingerprint density at radius 2 is 1.83 bits per heavy atom. The molecular formula is C23H29N3O4. The number of hydrogen-bond donors (Lipinski definition) is 2. The fourth-order valence-corrected chi connectivity index (χ4v) is 4.67. The zero-order valence-corrected chi connectivity index (χ0v) is 17.3. The van der Waals surface area contributed by atoms with Gasteiger partial charge in [-0.25, -0.2) is 0 Å². The molecule has 2 aliphatic rings. The number of carbonyl (C=O) groups excluding carboxylic acids is 2. The van der Waals surface area contributed by atoms with Gasteiger partial charge in [-0.1, -0.05) is 30.3 Å². The van der Waals surface area contributed by atoms with Crippen LogP contribution in [0.25, 0.3) is 0 Å². The fraction of sp³-hybridized carbons (Fsp3) is 0.435. The largest absolute Gasteiger partial charge is 0.483 e. The Bertz CT molecular complexity index is 880. The average Bonchev–Trinajstić information content (AvgIpc) is 3.37. The minimum atomic E-state index is -0.643. The summed E-state index contributed by atoms with van der Waals surface area (Å²) >= 11 is 0. The van der Waals surface area contributed by atoms with Gasteiger partial charge in [0.25, 0.3) is 12.4 Å². The molecule has 1 aromatic heterocycles. The zero-order valence-electron chi connectivity index (χ0n) is 17.3. The van der Waals surface area contributed by atoms with Crippen molar-refractivity contribution in [2.24, 2.45) is 0 Å². The van der Waals surface area contributed by atoms with Crippen molar-refractivity contribution in [2.75, 3.05) is 19.6 Å². The van der Waals surface area contributed by atoms with Gasteiger partial charge in [0.1, 0.15) is 5.54 Å². The lowest BCUT2D eigenvalue weighted by molar-refractivity contribution is -0.145. The highest BCUT2D eigenvalue weighted by Gasteiger charge is 2.52. The number of rotatable bonds is 4. The maximum atomic E-state index is 13.5. The number of benzene rings is 1. The first-order chi connectivity index (χ1) is 14.5. The minimum Gasteiger partial charge on any atom is -0.483 e. The molecule has 2 aliphatic heterocycles. The van der Waals surface area contributed by atoms with Crippen LogP contribution in [0.1, 0.15) is 47.3 Å². The van der Waals surface area contributed by atoms with Gasteiger partial charge in [-0.05, 0) is 50.7 Å². The summed E-state index contributed by atoms with van der Waals surface area (Å²) in [5.41, 5.74) is 2.15. The summed E-state index contributed by atoms with van der Waals surface area (Å²) in [7, 11) is 0. The van der Waals surface area contributed by atoms with E-state index in [-0.39, 0.29) is 18.3 Å². The Morgan fingerprint density at radius 3 is 2.47 bits per heavy atom. The molecule has 2 N–H and O–H groups in total. The average molecular weight is 412 g/mol. The number of H-pyrrole nitrogens is 1. The third kappa shape index (κ3) is 4.25. The second-order valence-electron chi connectivity index (χ2n) is 7.85. The highest BCUT2D eigenvalue weighted by Crippen LogP contribution is 2.39. The lowest BCUT2D eigenvalue weighted by Crippen LogP contribution is -2.61. The van der Waals surface area contributed by atoms with Crippen molar-refractivity contribution in [3.63, 3.8) is 0 Å². The predicted octanol–water partition coefficient (Wildman–Crippen LogP) is 2.86.